The van der Waals surface area contributed by atoms with Crippen molar-refractivity contribution in [3.8, 4) is 0 Å². The van der Waals surface area contributed by atoms with E-state index in [0.29, 0.717) is 13.0 Å². The summed E-state index contributed by atoms with van der Waals surface area (Å²) < 4.78 is 0. The lowest BCUT2D eigenvalue weighted by Crippen LogP contribution is -2.36. The Balaban J connectivity index is 1.52. The smallest absolute Gasteiger partial charge is 0.230 e. The maximum atomic E-state index is 13.7. The molecule has 0 unspecified atom stereocenters. The number of aryl methyl sites for hydroxylation is 1. The standard InChI is InChI=1S/C23H22N4O/c28-23(17-7-3-6-16-8-4-12-24-20(16)14-17)27-15-18-9-5-13-25-22(18)26-19-10-1-2-11-21(19)27/h1-2,4-5,8-13,17H,3,6-7,14-15H2,(H,25,26)/t17-/m0/s1. The third-order valence-electron chi connectivity index (χ3n) is 5.71. The van der Waals surface area contributed by atoms with Crippen LogP contribution in [-0.2, 0) is 24.2 Å². The van der Waals surface area contributed by atoms with Gasteiger partial charge in [0.1, 0.15) is 5.82 Å². The monoisotopic (exact) mass is 370 g/mol. The van der Waals surface area contributed by atoms with Gasteiger partial charge in [-0.15, -0.1) is 0 Å². The number of benzene rings is 1. The number of nitrogens with zero attached hydrogens (tertiary/aromatic N) is 3. The molecule has 140 valence electrons. The average Bonchev–Trinajstić information content (AvgIpc) is 3.05. The SMILES string of the molecule is O=C([C@H]1CCCc2cccnc2C1)N1Cc2cccnc2Nc2ccccc21. The predicted molar refractivity (Wildman–Crippen MR) is 110 cm³/mol. The fraction of sp³-hybridized carbons (Fsp3) is 0.261. The Hall–Kier alpha value is -3.21. The largest absolute Gasteiger partial charge is 0.338 e. The number of rotatable bonds is 1. The van der Waals surface area contributed by atoms with E-state index in [9.17, 15) is 4.79 Å². The molecule has 5 nitrogen and oxygen atoms in total. The van der Waals surface area contributed by atoms with Crippen LogP contribution in [0.5, 0.6) is 0 Å². The summed E-state index contributed by atoms with van der Waals surface area (Å²) in [6.07, 6.45) is 7.22. The molecular formula is C23H22N4O. The third-order valence-corrected chi connectivity index (χ3v) is 5.71. The molecule has 0 fully saturated rings. The van der Waals surface area contributed by atoms with E-state index < -0.39 is 0 Å². The lowest BCUT2D eigenvalue weighted by atomic mass is 9.97. The molecule has 0 bridgehead atoms. The lowest BCUT2D eigenvalue weighted by molar-refractivity contribution is -0.122. The molecule has 1 atom stereocenters. The summed E-state index contributed by atoms with van der Waals surface area (Å²) >= 11 is 0. The number of hydrogen-bond acceptors (Lipinski definition) is 4. The average molecular weight is 370 g/mol. The molecule has 2 aromatic heterocycles. The number of para-hydroxylation sites is 2. The van der Waals surface area contributed by atoms with Crippen molar-refractivity contribution in [2.24, 2.45) is 5.92 Å². The number of carbonyl (C=O) groups is 1. The number of pyridine rings is 2. The molecule has 0 radical (unpaired) electrons. The van der Waals surface area contributed by atoms with Crippen molar-refractivity contribution in [1.82, 2.24) is 9.97 Å². The van der Waals surface area contributed by atoms with Gasteiger partial charge in [0.25, 0.3) is 0 Å². The van der Waals surface area contributed by atoms with Crippen LogP contribution in [0.3, 0.4) is 0 Å². The van der Waals surface area contributed by atoms with Gasteiger partial charge in [0, 0.05) is 36.0 Å². The first-order valence-electron chi connectivity index (χ1n) is 9.84. The van der Waals surface area contributed by atoms with Crippen LogP contribution in [0, 0.1) is 5.92 Å². The Kier molecular flexibility index (Phi) is 4.28. The number of fused-ring (bicyclic) bond motifs is 3. The number of amides is 1. The molecule has 1 aliphatic heterocycles. The Morgan fingerprint density at radius 1 is 1.00 bits per heavy atom. The predicted octanol–water partition coefficient (Wildman–Crippen LogP) is 4.26. The second-order valence-electron chi connectivity index (χ2n) is 7.48. The van der Waals surface area contributed by atoms with Crippen LogP contribution in [0.15, 0.2) is 60.9 Å². The highest BCUT2D eigenvalue weighted by Crippen LogP contribution is 2.36. The zero-order valence-electron chi connectivity index (χ0n) is 15.6. The highest BCUT2D eigenvalue weighted by atomic mass is 16.2. The number of hydrogen-bond donors (Lipinski definition) is 1. The van der Waals surface area contributed by atoms with Crippen LogP contribution in [0.2, 0.25) is 0 Å². The molecule has 5 heteroatoms. The molecule has 0 spiro atoms. The van der Waals surface area contributed by atoms with Crippen molar-refractivity contribution in [3.63, 3.8) is 0 Å². The summed E-state index contributed by atoms with van der Waals surface area (Å²) in [5, 5.41) is 3.40. The summed E-state index contributed by atoms with van der Waals surface area (Å²) in [4.78, 5) is 24.6. The van der Waals surface area contributed by atoms with Crippen molar-refractivity contribution >= 4 is 23.1 Å². The lowest BCUT2D eigenvalue weighted by Gasteiger charge is -2.27. The molecule has 0 saturated heterocycles. The van der Waals surface area contributed by atoms with Crippen LogP contribution < -0.4 is 10.2 Å². The number of anilines is 3. The van der Waals surface area contributed by atoms with Crippen LogP contribution in [0.4, 0.5) is 17.2 Å². The molecule has 28 heavy (non-hydrogen) atoms. The third kappa shape index (κ3) is 3.03. The first kappa shape index (κ1) is 16.9. The van der Waals surface area contributed by atoms with E-state index in [1.807, 2.05) is 53.6 Å². The summed E-state index contributed by atoms with van der Waals surface area (Å²) in [5.74, 6) is 0.935. The maximum Gasteiger partial charge on any atom is 0.230 e. The molecule has 3 aromatic rings. The summed E-state index contributed by atoms with van der Waals surface area (Å²) in [7, 11) is 0. The van der Waals surface area contributed by atoms with E-state index in [-0.39, 0.29) is 11.8 Å². The fourth-order valence-electron chi connectivity index (χ4n) is 4.26. The van der Waals surface area contributed by atoms with Crippen molar-refractivity contribution < 1.29 is 4.79 Å². The normalized spacial score (nSPS) is 18.0. The van der Waals surface area contributed by atoms with Crippen LogP contribution >= 0.6 is 0 Å². The Morgan fingerprint density at radius 2 is 1.82 bits per heavy atom. The zero-order valence-corrected chi connectivity index (χ0v) is 15.6. The van der Waals surface area contributed by atoms with E-state index >= 15 is 0 Å². The van der Waals surface area contributed by atoms with E-state index in [4.69, 9.17) is 0 Å². The number of nitrogens with one attached hydrogen (secondary N) is 1. The van der Waals surface area contributed by atoms with Gasteiger partial charge in [-0.25, -0.2) is 4.98 Å². The van der Waals surface area contributed by atoms with Crippen molar-refractivity contribution in [2.45, 2.75) is 32.2 Å². The Morgan fingerprint density at radius 3 is 2.75 bits per heavy atom. The van der Waals surface area contributed by atoms with E-state index in [2.05, 4.69) is 21.4 Å². The van der Waals surface area contributed by atoms with Gasteiger partial charge in [-0.1, -0.05) is 24.3 Å². The minimum atomic E-state index is -0.0533. The van der Waals surface area contributed by atoms with E-state index in [0.717, 1.165) is 47.7 Å². The minimum absolute atomic E-state index is 0.0533. The van der Waals surface area contributed by atoms with Gasteiger partial charge in [0.05, 0.1) is 17.9 Å². The second kappa shape index (κ2) is 7.08. The van der Waals surface area contributed by atoms with E-state index in [1.54, 1.807) is 6.20 Å². The highest BCUT2D eigenvalue weighted by molar-refractivity contribution is 5.99. The van der Waals surface area contributed by atoms with Crippen molar-refractivity contribution in [1.29, 1.82) is 0 Å². The summed E-state index contributed by atoms with van der Waals surface area (Å²) in [6, 6.07) is 16.1. The van der Waals surface area contributed by atoms with Gasteiger partial charge >= 0.3 is 0 Å². The van der Waals surface area contributed by atoms with Crippen molar-refractivity contribution in [2.75, 3.05) is 10.2 Å². The molecule has 5 rings (SSSR count). The van der Waals surface area contributed by atoms with Crippen LogP contribution in [0.25, 0.3) is 0 Å². The zero-order chi connectivity index (χ0) is 18.9. The number of carbonyl (C=O) groups excluding carboxylic acids is 1. The molecule has 2 aliphatic rings. The molecule has 1 amide bonds. The first-order valence-corrected chi connectivity index (χ1v) is 9.84. The Bertz CT molecular complexity index is 1030. The van der Waals surface area contributed by atoms with Crippen molar-refractivity contribution in [3.05, 3.63) is 77.7 Å². The molecule has 0 saturated carbocycles. The first-order chi connectivity index (χ1) is 13.8. The van der Waals surface area contributed by atoms with Gasteiger partial charge in [-0.2, -0.15) is 0 Å². The fourth-order valence-corrected chi connectivity index (χ4v) is 4.26. The highest BCUT2D eigenvalue weighted by Gasteiger charge is 2.31. The molecule has 3 heterocycles. The van der Waals surface area contributed by atoms with Gasteiger partial charge in [0.15, 0.2) is 0 Å². The van der Waals surface area contributed by atoms with Crippen LogP contribution in [0.1, 0.15) is 29.7 Å². The minimum Gasteiger partial charge on any atom is -0.338 e. The summed E-state index contributed by atoms with van der Waals surface area (Å²) in [6.45, 7) is 0.525. The molecular weight excluding hydrogens is 348 g/mol. The maximum absolute atomic E-state index is 13.7. The molecule has 1 aromatic carbocycles. The second-order valence-corrected chi connectivity index (χ2v) is 7.48. The number of aromatic nitrogens is 2. The topological polar surface area (TPSA) is 58.1 Å². The van der Waals surface area contributed by atoms with Gasteiger partial charge in [-0.3, -0.25) is 9.78 Å². The van der Waals surface area contributed by atoms with Gasteiger partial charge in [0.2, 0.25) is 5.91 Å². The van der Waals surface area contributed by atoms with Crippen LogP contribution in [-0.4, -0.2) is 15.9 Å². The molecule has 1 aliphatic carbocycles. The molecule has 1 N–H and O–H groups in total. The van der Waals surface area contributed by atoms with E-state index in [1.165, 1.54) is 5.56 Å². The van der Waals surface area contributed by atoms with Gasteiger partial charge in [-0.05, 0) is 49.1 Å². The van der Waals surface area contributed by atoms with Gasteiger partial charge < -0.3 is 10.2 Å². The quantitative estimate of drug-likeness (QED) is 0.650. The summed E-state index contributed by atoms with van der Waals surface area (Å²) in [5.41, 5.74) is 5.21. The Labute approximate surface area is 164 Å².